The van der Waals surface area contributed by atoms with Crippen molar-refractivity contribution >= 4 is 13.6 Å². The van der Waals surface area contributed by atoms with Crippen LogP contribution in [0.4, 0.5) is 0 Å². The molecular weight excluding hydrogens is 221 g/mol. The van der Waals surface area contributed by atoms with Crippen molar-refractivity contribution in [1.82, 2.24) is 5.32 Å². The Morgan fingerprint density at radius 1 is 1.60 bits per heavy atom. The van der Waals surface area contributed by atoms with Gasteiger partial charge in [0.2, 0.25) is 0 Å². The van der Waals surface area contributed by atoms with E-state index in [1.807, 2.05) is 0 Å². The van der Waals surface area contributed by atoms with E-state index >= 15 is 0 Å². The third-order valence-corrected chi connectivity index (χ3v) is 3.82. The van der Waals surface area contributed by atoms with Gasteiger partial charge in [0, 0.05) is 0 Å². The molecule has 1 heterocycles. The summed E-state index contributed by atoms with van der Waals surface area (Å²) < 4.78 is 15.9. The van der Waals surface area contributed by atoms with E-state index in [0.717, 1.165) is 0 Å². The number of ether oxygens (including phenoxy) is 1. The normalized spacial score (nSPS) is 27.4. The first-order chi connectivity index (χ1) is 6.96. The van der Waals surface area contributed by atoms with Gasteiger partial charge in [-0.2, -0.15) is 0 Å². The maximum Gasteiger partial charge on any atom is 0.330 e. The fourth-order valence-corrected chi connectivity index (χ4v) is 2.84. The zero-order chi connectivity index (χ0) is 11.5. The molecule has 0 bridgehead atoms. The second-order valence-corrected chi connectivity index (χ2v) is 5.32. The monoisotopic (exact) mass is 237 g/mol. The summed E-state index contributed by atoms with van der Waals surface area (Å²) in [6.45, 7) is 2.46. The highest BCUT2D eigenvalue weighted by Gasteiger charge is 2.42. The zero-order valence-corrected chi connectivity index (χ0v) is 9.44. The van der Waals surface area contributed by atoms with Crippen LogP contribution in [0.3, 0.4) is 0 Å². The molecule has 88 valence electrons. The molecule has 2 unspecified atom stereocenters. The van der Waals surface area contributed by atoms with E-state index in [9.17, 15) is 9.36 Å². The van der Waals surface area contributed by atoms with Crippen molar-refractivity contribution < 1.29 is 23.9 Å². The summed E-state index contributed by atoms with van der Waals surface area (Å²) >= 11 is 0. The van der Waals surface area contributed by atoms with Gasteiger partial charge in [0.25, 0.3) is 0 Å². The van der Waals surface area contributed by atoms with Crippen molar-refractivity contribution in [2.75, 3.05) is 13.2 Å². The molecule has 3 N–H and O–H groups in total. The van der Waals surface area contributed by atoms with Gasteiger partial charge in [0.15, 0.2) is 0 Å². The Kier molecular flexibility index (Phi) is 4.28. The van der Waals surface area contributed by atoms with Gasteiger partial charge >= 0.3 is 13.6 Å². The predicted octanol–water partition coefficient (Wildman–Crippen LogP) is -0.152. The molecule has 1 aliphatic rings. The first kappa shape index (κ1) is 12.6. The third-order valence-electron chi connectivity index (χ3n) is 2.40. The smallest absolute Gasteiger partial charge is 0.330 e. The van der Waals surface area contributed by atoms with Crippen LogP contribution in [0.2, 0.25) is 0 Å². The van der Waals surface area contributed by atoms with E-state index in [2.05, 4.69) is 5.32 Å². The summed E-state index contributed by atoms with van der Waals surface area (Å²) in [4.78, 5) is 29.6. The average molecular weight is 237 g/mol. The fourth-order valence-electron chi connectivity index (χ4n) is 1.71. The Bertz CT molecular complexity index is 276. The van der Waals surface area contributed by atoms with Gasteiger partial charge in [-0.3, -0.25) is 9.36 Å². The van der Waals surface area contributed by atoms with E-state index in [-0.39, 0.29) is 6.61 Å². The topological polar surface area (TPSA) is 95.9 Å². The van der Waals surface area contributed by atoms with Gasteiger partial charge in [-0.05, 0) is 26.3 Å². The van der Waals surface area contributed by atoms with E-state index in [1.165, 1.54) is 0 Å². The Morgan fingerprint density at radius 3 is 2.80 bits per heavy atom. The number of hydrogen-bond acceptors (Lipinski definition) is 4. The molecule has 0 aliphatic carbocycles. The fraction of sp³-hybridized carbons (Fsp3) is 0.875. The van der Waals surface area contributed by atoms with Crippen LogP contribution in [0.5, 0.6) is 0 Å². The first-order valence-electron chi connectivity index (χ1n) is 4.92. The van der Waals surface area contributed by atoms with Crippen LogP contribution in [-0.2, 0) is 14.1 Å². The quantitative estimate of drug-likeness (QED) is 0.466. The van der Waals surface area contributed by atoms with Crippen molar-refractivity contribution in [3.8, 4) is 0 Å². The highest BCUT2D eigenvalue weighted by molar-refractivity contribution is 7.52. The molecular formula is C8H16NO5P. The molecule has 0 aromatic rings. The standard InChI is InChI=1S/C8H16NO5P/c1-2-14-8(10)7-6(15(11,12)13)4-3-5-9-7/h6-7,9H,2-5H2,1H3,(H2,11,12,13). The molecule has 1 saturated heterocycles. The number of rotatable bonds is 3. The summed E-state index contributed by atoms with van der Waals surface area (Å²) in [5, 5.41) is 2.79. The number of piperidine rings is 1. The SMILES string of the molecule is CCOC(=O)C1NCCCC1P(=O)(O)O. The Labute approximate surface area is 88.2 Å². The minimum atomic E-state index is -4.24. The summed E-state index contributed by atoms with van der Waals surface area (Å²) in [7, 11) is -4.24. The highest BCUT2D eigenvalue weighted by atomic mass is 31.2. The number of nitrogens with one attached hydrogen (secondary N) is 1. The van der Waals surface area contributed by atoms with Crippen LogP contribution in [0, 0.1) is 0 Å². The van der Waals surface area contributed by atoms with Crippen LogP contribution >= 0.6 is 7.60 Å². The van der Waals surface area contributed by atoms with E-state index < -0.39 is 25.3 Å². The van der Waals surface area contributed by atoms with Gasteiger partial charge in [-0.25, -0.2) is 0 Å². The zero-order valence-electron chi connectivity index (χ0n) is 8.55. The van der Waals surface area contributed by atoms with Crippen molar-refractivity contribution in [3.05, 3.63) is 0 Å². The van der Waals surface area contributed by atoms with Crippen LogP contribution in [-0.4, -0.2) is 40.6 Å². The summed E-state index contributed by atoms with van der Waals surface area (Å²) in [5.41, 5.74) is -0.953. The van der Waals surface area contributed by atoms with Crippen LogP contribution < -0.4 is 5.32 Å². The van der Waals surface area contributed by atoms with Crippen molar-refractivity contribution in [2.24, 2.45) is 0 Å². The van der Waals surface area contributed by atoms with Crippen molar-refractivity contribution in [1.29, 1.82) is 0 Å². The molecule has 1 rings (SSSR count). The lowest BCUT2D eigenvalue weighted by atomic mass is 10.0. The lowest BCUT2D eigenvalue weighted by Crippen LogP contribution is -2.50. The molecule has 7 heteroatoms. The third kappa shape index (κ3) is 3.28. The summed E-state index contributed by atoms with van der Waals surface area (Å²) in [5.74, 6) is -0.578. The largest absolute Gasteiger partial charge is 0.465 e. The average Bonchev–Trinajstić information content (AvgIpc) is 2.17. The molecule has 0 radical (unpaired) electrons. The number of esters is 1. The molecule has 0 amide bonds. The van der Waals surface area contributed by atoms with Crippen LogP contribution in [0.25, 0.3) is 0 Å². The van der Waals surface area contributed by atoms with Gasteiger partial charge in [0.1, 0.15) is 6.04 Å². The van der Waals surface area contributed by atoms with Crippen LogP contribution in [0.1, 0.15) is 19.8 Å². The molecule has 0 aromatic carbocycles. The molecule has 2 atom stereocenters. The number of hydrogen-bond donors (Lipinski definition) is 3. The second-order valence-electron chi connectivity index (χ2n) is 3.48. The predicted molar refractivity (Wildman–Crippen MR) is 53.5 cm³/mol. The lowest BCUT2D eigenvalue weighted by Gasteiger charge is -2.30. The number of carbonyl (C=O) groups excluding carboxylic acids is 1. The molecule has 1 aliphatic heterocycles. The molecule has 6 nitrogen and oxygen atoms in total. The van der Waals surface area contributed by atoms with E-state index in [0.29, 0.717) is 19.4 Å². The molecule has 0 spiro atoms. The molecule has 0 saturated carbocycles. The van der Waals surface area contributed by atoms with Crippen molar-refractivity contribution in [3.63, 3.8) is 0 Å². The number of carbonyl (C=O) groups is 1. The van der Waals surface area contributed by atoms with Gasteiger partial charge in [0.05, 0.1) is 12.3 Å². The molecule has 15 heavy (non-hydrogen) atoms. The minimum Gasteiger partial charge on any atom is -0.465 e. The lowest BCUT2D eigenvalue weighted by molar-refractivity contribution is -0.146. The summed E-state index contributed by atoms with van der Waals surface area (Å²) in [6.07, 6.45) is 1.01. The van der Waals surface area contributed by atoms with E-state index in [1.54, 1.807) is 6.92 Å². The van der Waals surface area contributed by atoms with Crippen LogP contribution in [0.15, 0.2) is 0 Å². The van der Waals surface area contributed by atoms with Crippen molar-refractivity contribution in [2.45, 2.75) is 31.5 Å². The second kappa shape index (κ2) is 5.07. The minimum absolute atomic E-state index is 0.213. The Morgan fingerprint density at radius 2 is 2.27 bits per heavy atom. The van der Waals surface area contributed by atoms with E-state index in [4.69, 9.17) is 14.5 Å². The Hall–Kier alpha value is -0.420. The van der Waals surface area contributed by atoms with Gasteiger partial charge in [-0.1, -0.05) is 0 Å². The van der Waals surface area contributed by atoms with Gasteiger partial charge in [-0.15, -0.1) is 0 Å². The van der Waals surface area contributed by atoms with Gasteiger partial charge < -0.3 is 19.8 Å². The molecule has 1 fully saturated rings. The maximum atomic E-state index is 11.4. The summed E-state index contributed by atoms with van der Waals surface area (Å²) in [6, 6.07) is -0.875. The maximum absolute atomic E-state index is 11.4. The molecule has 0 aromatic heterocycles. The first-order valence-corrected chi connectivity index (χ1v) is 6.60. The highest BCUT2D eigenvalue weighted by Crippen LogP contribution is 2.46. The Balaban J connectivity index is 2.74.